The standard InChI is InChI=1S/C15H15BrFN/c1-11-6-7-12(14(16)8-11)9-18-10-13-4-2-3-5-15(13)17/h2-8,18H,9-10H2,1H3. The van der Waals surface area contributed by atoms with E-state index in [1.54, 1.807) is 12.1 Å². The predicted octanol–water partition coefficient (Wildman–Crippen LogP) is 4.19. The summed E-state index contributed by atoms with van der Waals surface area (Å²) >= 11 is 3.53. The first-order chi connectivity index (χ1) is 8.66. The number of rotatable bonds is 4. The summed E-state index contributed by atoms with van der Waals surface area (Å²) in [7, 11) is 0. The van der Waals surface area contributed by atoms with Crippen LogP contribution in [0.25, 0.3) is 0 Å². The molecular formula is C15H15BrFN. The Labute approximate surface area is 115 Å². The minimum Gasteiger partial charge on any atom is -0.308 e. The molecule has 0 aliphatic rings. The molecule has 0 heterocycles. The van der Waals surface area contributed by atoms with Crippen LogP contribution in [0.5, 0.6) is 0 Å². The van der Waals surface area contributed by atoms with Gasteiger partial charge in [0.2, 0.25) is 0 Å². The molecule has 0 saturated carbocycles. The molecule has 0 aromatic heterocycles. The van der Waals surface area contributed by atoms with E-state index in [1.807, 2.05) is 6.07 Å². The van der Waals surface area contributed by atoms with Crippen molar-refractivity contribution in [2.24, 2.45) is 0 Å². The number of hydrogen-bond donors (Lipinski definition) is 1. The summed E-state index contributed by atoms with van der Waals surface area (Å²) in [5, 5.41) is 3.25. The molecule has 0 atom stereocenters. The van der Waals surface area contributed by atoms with Crippen molar-refractivity contribution in [3.05, 3.63) is 69.4 Å². The lowest BCUT2D eigenvalue weighted by Gasteiger charge is -2.08. The van der Waals surface area contributed by atoms with Crippen LogP contribution in [0.15, 0.2) is 46.9 Å². The molecule has 0 radical (unpaired) electrons. The van der Waals surface area contributed by atoms with Crippen LogP contribution in [0.3, 0.4) is 0 Å². The molecule has 0 spiro atoms. The van der Waals surface area contributed by atoms with E-state index in [2.05, 4.69) is 46.4 Å². The molecule has 0 aliphatic heterocycles. The van der Waals surface area contributed by atoms with Gasteiger partial charge in [0, 0.05) is 23.1 Å². The molecule has 2 aromatic carbocycles. The van der Waals surface area contributed by atoms with E-state index in [9.17, 15) is 4.39 Å². The van der Waals surface area contributed by atoms with Crippen LogP contribution in [0.4, 0.5) is 4.39 Å². The normalized spacial score (nSPS) is 10.6. The molecular weight excluding hydrogens is 293 g/mol. The lowest BCUT2D eigenvalue weighted by atomic mass is 10.1. The maximum atomic E-state index is 13.4. The topological polar surface area (TPSA) is 12.0 Å². The van der Waals surface area contributed by atoms with Gasteiger partial charge in [0.05, 0.1) is 0 Å². The molecule has 1 nitrogen and oxygen atoms in total. The van der Waals surface area contributed by atoms with E-state index >= 15 is 0 Å². The Bertz CT molecular complexity index is 540. The van der Waals surface area contributed by atoms with Crippen LogP contribution in [0.2, 0.25) is 0 Å². The Kier molecular flexibility index (Phi) is 4.50. The zero-order chi connectivity index (χ0) is 13.0. The van der Waals surface area contributed by atoms with Crippen LogP contribution < -0.4 is 5.32 Å². The Morgan fingerprint density at radius 1 is 1.06 bits per heavy atom. The Morgan fingerprint density at radius 2 is 1.78 bits per heavy atom. The molecule has 0 amide bonds. The van der Waals surface area contributed by atoms with Gasteiger partial charge in [-0.1, -0.05) is 46.3 Å². The van der Waals surface area contributed by atoms with Crippen LogP contribution >= 0.6 is 15.9 Å². The molecule has 0 bridgehead atoms. The van der Waals surface area contributed by atoms with Crippen molar-refractivity contribution in [3.63, 3.8) is 0 Å². The predicted molar refractivity (Wildman–Crippen MR) is 75.8 cm³/mol. The monoisotopic (exact) mass is 307 g/mol. The largest absolute Gasteiger partial charge is 0.308 e. The number of aryl methyl sites for hydroxylation is 1. The minimum absolute atomic E-state index is 0.159. The first kappa shape index (κ1) is 13.2. The molecule has 94 valence electrons. The molecule has 1 N–H and O–H groups in total. The highest BCUT2D eigenvalue weighted by Crippen LogP contribution is 2.18. The van der Waals surface area contributed by atoms with Gasteiger partial charge in [-0.2, -0.15) is 0 Å². The summed E-state index contributed by atoms with van der Waals surface area (Å²) in [6.45, 7) is 3.31. The van der Waals surface area contributed by atoms with Crippen molar-refractivity contribution in [1.82, 2.24) is 5.32 Å². The van der Waals surface area contributed by atoms with Crippen LogP contribution in [-0.4, -0.2) is 0 Å². The molecule has 0 unspecified atom stereocenters. The highest BCUT2D eigenvalue weighted by molar-refractivity contribution is 9.10. The van der Waals surface area contributed by atoms with Crippen LogP contribution in [0, 0.1) is 12.7 Å². The lowest BCUT2D eigenvalue weighted by molar-refractivity contribution is 0.587. The zero-order valence-electron chi connectivity index (χ0n) is 10.2. The summed E-state index contributed by atoms with van der Waals surface area (Å²) in [5.41, 5.74) is 3.09. The second-order valence-corrected chi connectivity index (χ2v) is 5.14. The van der Waals surface area contributed by atoms with Crippen LogP contribution in [0.1, 0.15) is 16.7 Å². The first-order valence-corrected chi connectivity index (χ1v) is 6.65. The van der Waals surface area contributed by atoms with Gasteiger partial charge in [0.25, 0.3) is 0 Å². The SMILES string of the molecule is Cc1ccc(CNCc2ccccc2F)c(Br)c1. The minimum atomic E-state index is -0.159. The van der Waals surface area contributed by atoms with Crippen molar-refractivity contribution in [2.75, 3.05) is 0 Å². The van der Waals surface area contributed by atoms with Gasteiger partial charge in [0.15, 0.2) is 0 Å². The van der Waals surface area contributed by atoms with Crippen molar-refractivity contribution in [1.29, 1.82) is 0 Å². The Balaban J connectivity index is 1.95. The Morgan fingerprint density at radius 3 is 2.50 bits per heavy atom. The van der Waals surface area contributed by atoms with Crippen molar-refractivity contribution in [3.8, 4) is 0 Å². The second kappa shape index (κ2) is 6.12. The number of nitrogens with one attached hydrogen (secondary N) is 1. The molecule has 0 saturated heterocycles. The van der Waals surface area contributed by atoms with E-state index in [-0.39, 0.29) is 5.82 Å². The lowest BCUT2D eigenvalue weighted by Crippen LogP contribution is -2.14. The fraction of sp³-hybridized carbons (Fsp3) is 0.200. The van der Waals surface area contributed by atoms with E-state index in [0.717, 1.165) is 11.0 Å². The summed E-state index contributed by atoms with van der Waals surface area (Å²) in [5.74, 6) is -0.159. The number of benzene rings is 2. The van der Waals surface area contributed by atoms with Gasteiger partial charge in [-0.3, -0.25) is 0 Å². The molecule has 2 rings (SSSR count). The summed E-state index contributed by atoms with van der Waals surface area (Å²) in [6, 6.07) is 13.1. The van der Waals surface area contributed by atoms with Gasteiger partial charge in [-0.15, -0.1) is 0 Å². The maximum absolute atomic E-state index is 13.4. The summed E-state index contributed by atoms with van der Waals surface area (Å²) < 4.78 is 14.5. The van der Waals surface area contributed by atoms with Crippen molar-refractivity contribution in [2.45, 2.75) is 20.0 Å². The van der Waals surface area contributed by atoms with Gasteiger partial charge < -0.3 is 5.32 Å². The molecule has 2 aromatic rings. The second-order valence-electron chi connectivity index (χ2n) is 4.29. The van der Waals surface area contributed by atoms with E-state index in [1.165, 1.54) is 17.2 Å². The van der Waals surface area contributed by atoms with Crippen molar-refractivity contribution < 1.29 is 4.39 Å². The third-order valence-electron chi connectivity index (χ3n) is 2.80. The van der Waals surface area contributed by atoms with E-state index < -0.39 is 0 Å². The van der Waals surface area contributed by atoms with Gasteiger partial charge >= 0.3 is 0 Å². The van der Waals surface area contributed by atoms with Gasteiger partial charge in [0.1, 0.15) is 5.82 Å². The first-order valence-electron chi connectivity index (χ1n) is 5.86. The quantitative estimate of drug-likeness (QED) is 0.893. The smallest absolute Gasteiger partial charge is 0.127 e. The maximum Gasteiger partial charge on any atom is 0.127 e. The summed E-state index contributed by atoms with van der Waals surface area (Å²) in [4.78, 5) is 0. The summed E-state index contributed by atoms with van der Waals surface area (Å²) in [6.07, 6.45) is 0. The zero-order valence-corrected chi connectivity index (χ0v) is 11.8. The van der Waals surface area contributed by atoms with Gasteiger partial charge in [-0.25, -0.2) is 4.39 Å². The fourth-order valence-electron chi connectivity index (χ4n) is 1.77. The third-order valence-corrected chi connectivity index (χ3v) is 3.54. The highest BCUT2D eigenvalue weighted by atomic mass is 79.9. The fourth-order valence-corrected chi connectivity index (χ4v) is 2.40. The third kappa shape index (κ3) is 3.40. The molecule has 18 heavy (non-hydrogen) atoms. The number of hydrogen-bond acceptors (Lipinski definition) is 1. The highest BCUT2D eigenvalue weighted by Gasteiger charge is 2.02. The van der Waals surface area contributed by atoms with Crippen LogP contribution in [-0.2, 0) is 13.1 Å². The van der Waals surface area contributed by atoms with E-state index in [4.69, 9.17) is 0 Å². The van der Waals surface area contributed by atoms with Crippen molar-refractivity contribution >= 4 is 15.9 Å². The molecule has 0 aliphatic carbocycles. The van der Waals surface area contributed by atoms with Gasteiger partial charge in [-0.05, 0) is 30.2 Å². The average molecular weight is 308 g/mol. The van der Waals surface area contributed by atoms with E-state index in [0.29, 0.717) is 12.1 Å². The number of halogens is 2. The average Bonchev–Trinajstić information content (AvgIpc) is 2.34. The Hall–Kier alpha value is -1.19. The molecule has 3 heteroatoms. The molecule has 0 fully saturated rings.